The van der Waals surface area contributed by atoms with Gasteiger partial charge in [-0.05, 0) is 61.8 Å². The highest BCUT2D eigenvalue weighted by Crippen LogP contribution is 2.45. The van der Waals surface area contributed by atoms with Crippen LogP contribution in [0.2, 0.25) is 0 Å². The normalized spacial score (nSPS) is 21.7. The first kappa shape index (κ1) is 15.4. The Morgan fingerprint density at radius 2 is 1.76 bits per heavy atom. The van der Waals surface area contributed by atoms with Crippen LogP contribution in [0, 0.1) is 5.41 Å². The molecule has 21 heavy (non-hydrogen) atoms. The molecule has 2 N–H and O–H groups in total. The molecule has 1 aliphatic carbocycles. The SMILES string of the molecule is NCCc1ccc(N2CCC3(CCCCC3)CC2)cc1Br. The first-order chi connectivity index (χ1) is 10.2. The van der Waals surface area contributed by atoms with Gasteiger partial charge in [0.15, 0.2) is 0 Å². The molecule has 2 aliphatic rings. The van der Waals surface area contributed by atoms with Crippen molar-refractivity contribution in [2.45, 2.75) is 51.4 Å². The molecule has 1 heterocycles. The van der Waals surface area contributed by atoms with Gasteiger partial charge in [-0.25, -0.2) is 0 Å². The summed E-state index contributed by atoms with van der Waals surface area (Å²) in [4.78, 5) is 2.57. The maximum atomic E-state index is 5.66. The molecule has 0 bridgehead atoms. The lowest BCUT2D eigenvalue weighted by atomic mass is 9.68. The van der Waals surface area contributed by atoms with Crippen molar-refractivity contribution in [2.75, 3.05) is 24.5 Å². The molecule has 3 rings (SSSR count). The summed E-state index contributed by atoms with van der Waals surface area (Å²) in [6.45, 7) is 3.16. The summed E-state index contributed by atoms with van der Waals surface area (Å²) in [7, 11) is 0. The van der Waals surface area contributed by atoms with E-state index >= 15 is 0 Å². The molecule has 0 unspecified atom stereocenters. The second-order valence-corrected chi connectivity index (χ2v) is 7.72. The molecule has 2 nitrogen and oxygen atoms in total. The molecule has 1 saturated heterocycles. The van der Waals surface area contributed by atoms with Crippen LogP contribution in [0.3, 0.4) is 0 Å². The number of hydrogen-bond donors (Lipinski definition) is 1. The monoisotopic (exact) mass is 350 g/mol. The molecule has 1 aliphatic heterocycles. The quantitative estimate of drug-likeness (QED) is 0.869. The second kappa shape index (κ2) is 6.70. The van der Waals surface area contributed by atoms with E-state index in [-0.39, 0.29) is 0 Å². The summed E-state index contributed by atoms with van der Waals surface area (Å²) in [6.07, 6.45) is 11.0. The van der Waals surface area contributed by atoms with Crippen molar-refractivity contribution in [2.24, 2.45) is 11.1 Å². The van der Waals surface area contributed by atoms with Crippen LogP contribution in [0.25, 0.3) is 0 Å². The molecule has 1 aromatic rings. The minimum Gasteiger partial charge on any atom is -0.371 e. The fourth-order valence-corrected chi connectivity index (χ4v) is 4.70. The number of anilines is 1. The van der Waals surface area contributed by atoms with E-state index in [1.54, 1.807) is 0 Å². The van der Waals surface area contributed by atoms with Crippen LogP contribution in [0.1, 0.15) is 50.5 Å². The van der Waals surface area contributed by atoms with Crippen molar-refractivity contribution in [1.82, 2.24) is 0 Å². The van der Waals surface area contributed by atoms with Crippen LogP contribution in [0.15, 0.2) is 22.7 Å². The van der Waals surface area contributed by atoms with Crippen LogP contribution < -0.4 is 10.6 Å². The van der Waals surface area contributed by atoms with E-state index in [9.17, 15) is 0 Å². The van der Waals surface area contributed by atoms with Gasteiger partial charge in [-0.1, -0.05) is 41.3 Å². The number of hydrogen-bond acceptors (Lipinski definition) is 2. The van der Waals surface area contributed by atoms with Crippen molar-refractivity contribution in [3.63, 3.8) is 0 Å². The zero-order chi connectivity index (χ0) is 14.7. The standard InChI is InChI=1S/C18H27BrN2/c19-17-14-16(5-4-15(17)6-11-20)21-12-9-18(10-13-21)7-2-1-3-8-18/h4-5,14H,1-3,6-13,20H2. The third-order valence-electron chi connectivity index (χ3n) is 5.55. The summed E-state index contributed by atoms with van der Waals surface area (Å²) in [5.41, 5.74) is 9.03. The molecular weight excluding hydrogens is 324 g/mol. The minimum absolute atomic E-state index is 0.686. The lowest BCUT2D eigenvalue weighted by Crippen LogP contribution is -2.41. The van der Waals surface area contributed by atoms with Gasteiger partial charge in [0, 0.05) is 23.2 Å². The topological polar surface area (TPSA) is 29.3 Å². The van der Waals surface area contributed by atoms with Crippen molar-refractivity contribution >= 4 is 21.6 Å². The van der Waals surface area contributed by atoms with Gasteiger partial charge in [0.05, 0.1) is 0 Å². The number of halogens is 1. The third kappa shape index (κ3) is 3.45. The van der Waals surface area contributed by atoms with Crippen LogP contribution in [0.4, 0.5) is 5.69 Å². The zero-order valence-electron chi connectivity index (χ0n) is 12.9. The average molecular weight is 351 g/mol. The first-order valence-corrected chi connectivity index (χ1v) is 9.25. The molecule has 0 amide bonds. The lowest BCUT2D eigenvalue weighted by molar-refractivity contribution is 0.144. The Morgan fingerprint density at radius 1 is 1.05 bits per heavy atom. The van der Waals surface area contributed by atoms with Gasteiger partial charge >= 0.3 is 0 Å². The van der Waals surface area contributed by atoms with E-state index in [4.69, 9.17) is 5.73 Å². The molecule has 1 spiro atoms. The predicted octanol–water partition coefficient (Wildman–Crippen LogP) is 4.50. The third-order valence-corrected chi connectivity index (χ3v) is 6.29. The highest BCUT2D eigenvalue weighted by molar-refractivity contribution is 9.10. The van der Waals surface area contributed by atoms with Crippen molar-refractivity contribution < 1.29 is 0 Å². The second-order valence-electron chi connectivity index (χ2n) is 6.86. The number of nitrogens with two attached hydrogens (primary N) is 1. The van der Waals surface area contributed by atoms with Crippen LogP contribution in [-0.2, 0) is 6.42 Å². The zero-order valence-corrected chi connectivity index (χ0v) is 14.5. The predicted molar refractivity (Wildman–Crippen MR) is 93.9 cm³/mol. The fraction of sp³-hybridized carbons (Fsp3) is 0.667. The summed E-state index contributed by atoms with van der Waals surface area (Å²) >= 11 is 3.70. The molecular formula is C18H27BrN2. The molecule has 116 valence electrons. The number of piperidine rings is 1. The number of benzene rings is 1. The van der Waals surface area contributed by atoms with Gasteiger partial charge < -0.3 is 10.6 Å². The van der Waals surface area contributed by atoms with Crippen LogP contribution in [0.5, 0.6) is 0 Å². The van der Waals surface area contributed by atoms with Gasteiger partial charge in [0.25, 0.3) is 0 Å². The summed E-state index contributed by atoms with van der Waals surface area (Å²) in [5, 5.41) is 0. The Morgan fingerprint density at radius 3 is 2.38 bits per heavy atom. The van der Waals surface area contributed by atoms with E-state index in [1.165, 1.54) is 73.8 Å². The van der Waals surface area contributed by atoms with E-state index < -0.39 is 0 Å². The van der Waals surface area contributed by atoms with Crippen LogP contribution >= 0.6 is 15.9 Å². The van der Waals surface area contributed by atoms with Crippen molar-refractivity contribution in [3.05, 3.63) is 28.2 Å². The molecule has 0 aromatic heterocycles. The minimum atomic E-state index is 0.686. The Bertz CT molecular complexity index is 470. The van der Waals surface area contributed by atoms with Crippen molar-refractivity contribution in [1.29, 1.82) is 0 Å². The molecule has 1 saturated carbocycles. The average Bonchev–Trinajstić information content (AvgIpc) is 2.51. The number of rotatable bonds is 3. The van der Waals surface area contributed by atoms with Gasteiger partial charge in [0.1, 0.15) is 0 Å². The first-order valence-electron chi connectivity index (χ1n) is 8.46. The van der Waals surface area contributed by atoms with Crippen molar-refractivity contribution in [3.8, 4) is 0 Å². The molecule has 0 atom stereocenters. The lowest BCUT2D eigenvalue weighted by Gasteiger charge is -2.45. The maximum Gasteiger partial charge on any atom is 0.0377 e. The Labute approximate surface area is 137 Å². The van der Waals surface area contributed by atoms with Gasteiger partial charge in [0.2, 0.25) is 0 Å². The highest BCUT2D eigenvalue weighted by Gasteiger charge is 2.35. The van der Waals surface area contributed by atoms with Gasteiger partial charge in [-0.2, -0.15) is 0 Å². The van der Waals surface area contributed by atoms with E-state index in [2.05, 4.69) is 39.0 Å². The van der Waals surface area contributed by atoms with E-state index in [1.807, 2.05) is 0 Å². The van der Waals surface area contributed by atoms with Crippen LogP contribution in [-0.4, -0.2) is 19.6 Å². The van der Waals surface area contributed by atoms with E-state index in [0.717, 1.165) is 6.42 Å². The van der Waals surface area contributed by atoms with Gasteiger partial charge in [-0.3, -0.25) is 0 Å². The molecule has 0 radical (unpaired) electrons. The van der Waals surface area contributed by atoms with E-state index in [0.29, 0.717) is 12.0 Å². The summed E-state index contributed by atoms with van der Waals surface area (Å²) in [6, 6.07) is 6.79. The largest absolute Gasteiger partial charge is 0.371 e. The Hall–Kier alpha value is -0.540. The Balaban J connectivity index is 1.65. The van der Waals surface area contributed by atoms with Gasteiger partial charge in [-0.15, -0.1) is 0 Å². The molecule has 3 heteroatoms. The smallest absolute Gasteiger partial charge is 0.0377 e. The highest BCUT2D eigenvalue weighted by atomic mass is 79.9. The summed E-state index contributed by atoms with van der Waals surface area (Å²) in [5.74, 6) is 0. The fourth-order valence-electron chi connectivity index (χ4n) is 4.13. The molecule has 1 aromatic carbocycles. The Kier molecular flexibility index (Phi) is 4.90. The summed E-state index contributed by atoms with van der Waals surface area (Å²) < 4.78 is 1.21. The maximum absolute atomic E-state index is 5.66. The molecule has 2 fully saturated rings. The number of nitrogens with zero attached hydrogens (tertiary/aromatic N) is 1.